The standard InChI is InChI=1S/C28H18N2O6S/c31-26-25(37-28(33)29(26)17-18-11-13-21(14-12-18)30(34)35)16-19-5-3-8-22(15-19)36-27(32)24-10-4-7-20-6-1-2-9-23(20)24/h1-16H,17H2/b25-16-. The number of nitrogens with zero attached hydrogens (tertiary/aromatic N) is 2. The fourth-order valence-corrected chi connectivity index (χ4v) is 4.76. The molecule has 0 radical (unpaired) electrons. The first-order valence-corrected chi connectivity index (χ1v) is 12.0. The molecule has 0 N–H and O–H groups in total. The third-order valence-corrected chi connectivity index (χ3v) is 6.64. The number of amides is 2. The molecule has 4 aromatic rings. The van der Waals surface area contributed by atoms with Crippen LogP contribution in [0.2, 0.25) is 0 Å². The molecular weight excluding hydrogens is 492 g/mol. The molecule has 1 saturated heterocycles. The van der Waals surface area contributed by atoms with E-state index in [4.69, 9.17) is 4.74 Å². The average Bonchev–Trinajstić information content (AvgIpc) is 3.16. The Kier molecular flexibility index (Phi) is 6.53. The summed E-state index contributed by atoms with van der Waals surface area (Å²) in [5, 5.41) is 12.1. The monoisotopic (exact) mass is 510 g/mol. The normalized spacial score (nSPS) is 14.4. The van der Waals surface area contributed by atoms with Gasteiger partial charge in [0.05, 0.1) is 21.9 Å². The number of esters is 1. The van der Waals surface area contributed by atoms with Crippen LogP contribution in [0.15, 0.2) is 95.9 Å². The van der Waals surface area contributed by atoms with E-state index >= 15 is 0 Å². The smallest absolute Gasteiger partial charge is 0.344 e. The van der Waals surface area contributed by atoms with Crippen LogP contribution in [-0.2, 0) is 11.3 Å². The number of benzene rings is 4. The number of nitro benzene ring substituents is 1. The van der Waals surface area contributed by atoms with Gasteiger partial charge < -0.3 is 4.74 Å². The molecule has 4 aromatic carbocycles. The van der Waals surface area contributed by atoms with E-state index in [0.717, 1.165) is 27.4 Å². The first-order chi connectivity index (χ1) is 17.9. The minimum absolute atomic E-state index is 0.00266. The van der Waals surface area contributed by atoms with Crippen LogP contribution < -0.4 is 4.74 Å². The van der Waals surface area contributed by atoms with Crippen molar-refractivity contribution in [1.82, 2.24) is 4.90 Å². The number of rotatable bonds is 6. The number of carbonyl (C=O) groups excluding carboxylic acids is 3. The first-order valence-electron chi connectivity index (χ1n) is 11.2. The Bertz CT molecular complexity index is 1590. The van der Waals surface area contributed by atoms with Gasteiger partial charge in [0.15, 0.2) is 0 Å². The highest BCUT2D eigenvalue weighted by Gasteiger charge is 2.35. The SMILES string of the molecule is O=C(Oc1cccc(/C=C2\SC(=O)N(Cc3ccc([N+](=O)[O-])cc3)C2=O)c1)c1cccc2ccccc12. The Morgan fingerprint density at radius 2 is 1.68 bits per heavy atom. The van der Waals surface area contributed by atoms with Crippen molar-refractivity contribution in [3.05, 3.63) is 123 Å². The summed E-state index contributed by atoms with van der Waals surface area (Å²) < 4.78 is 5.60. The first kappa shape index (κ1) is 24.0. The molecule has 1 aliphatic rings. The molecule has 5 rings (SSSR count). The predicted molar refractivity (Wildman–Crippen MR) is 140 cm³/mol. The zero-order valence-corrected chi connectivity index (χ0v) is 20.0. The van der Waals surface area contributed by atoms with Crippen LogP contribution in [0.4, 0.5) is 10.5 Å². The molecular formula is C28H18N2O6S. The second-order valence-corrected chi connectivity index (χ2v) is 9.17. The van der Waals surface area contributed by atoms with E-state index in [0.29, 0.717) is 22.4 Å². The predicted octanol–water partition coefficient (Wildman–Crippen LogP) is 6.20. The Morgan fingerprint density at radius 1 is 0.946 bits per heavy atom. The van der Waals surface area contributed by atoms with Crippen molar-refractivity contribution in [2.75, 3.05) is 0 Å². The second-order valence-electron chi connectivity index (χ2n) is 8.18. The molecule has 1 heterocycles. The molecule has 8 nitrogen and oxygen atoms in total. The average molecular weight is 511 g/mol. The maximum atomic E-state index is 12.9. The van der Waals surface area contributed by atoms with Crippen LogP contribution in [0.5, 0.6) is 5.75 Å². The van der Waals surface area contributed by atoms with E-state index in [1.165, 1.54) is 24.3 Å². The maximum Gasteiger partial charge on any atom is 0.344 e. The van der Waals surface area contributed by atoms with Gasteiger partial charge in [0.1, 0.15) is 5.75 Å². The molecule has 0 aliphatic carbocycles. The minimum atomic E-state index is -0.514. The van der Waals surface area contributed by atoms with Crippen LogP contribution in [0.3, 0.4) is 0 Å². The third-order valence-electron chi connectivity index (χ3n) is 5.74. The van der Waals surface area contributed by atoms with Gasteiger partial charge in [-0.3, -0.25) is 24.6 Å². The summed E-state index contributed by atoms with van der Waals surface area (Å²) in [5.74, 6) is -0.666. The Hall–Kier alpha value is -4.76. The highest BCUT2D eigenvalue weighted by atomic mass is 32.2. The molecule has 1 fully saturated rings. The highest BCUT2D eigenvalue weighted by Crippen LogP contribution is 2.34. The lowest BCUT2D eigenvalue weighted by atomic mass is 10.0. The Morgan fingerprint density at radius 3 is 2.46 bits per heavy atom. The lowest BCUT2D eigenvalue weighted by molar-refractivity contribution is -0.384. The number of thioether (sulfide) groups is 1. The van der Waals surface area contributed by atoms with Crippen LogP contribution in [-0.4, -0.2) is 26.9 Å². The van der Waals surface area contributed by atoms with Crippen molar-refractivity contribution < 1.29 is 24.0 Å². The molecule has 182 valence electrons. The minimum Gasteiger partial charge on any atom is -0.423 e. The maximum absolute atomic E-state index is 12.9. The topological polar surface area (TPSA) is 107 Å². The van der Waals surface area contributed by atoms with Gasteiger partial charge in [-0.2, -0.15) is 0 Å². The molecule has 9 heteroatoms. The van der Waals surface area contributed by atoms with Gasteiger partial charge >= 0.3 is 5.97 Å². The molecule has 1 aliphatic heterocycles. The Balaban J connectivity index is 1.32. The Labute approximate surface area is 215 Å². The van der Waals surface area contributed by atoms with Crippen molar-refractivity contribution in [2.24, 2.45) is 0 Å². The number of fused-ring (bicyclic) bond motifs is 1. The van der Waals surface area contributed by atoms with Crippen LogP contribution in [0.1, 0.15) is 21.5 Å². The van der Waals surface area contributed by atoms with Crippen LogP contribution in [0, 0.1) is 10.1 Å². The molecule has 0 aromatic heterocycles. The molecule has 2 amide bonds. The fraction of sp³-hybridized carbons (Fsp3) is 0.0357. The van der Waals surface area contributed by atoms with E-state index in [-0.39, 0.29) is 17.1 Å². The quantitative estimate of drug-likeness (QED) is 0.0999. The number of hydrogen-bond acceptors (Lipinski definition) is 7. The second kappa shape index (κ2) is 10.1. The highest BCUT2D eigenvalue weighted by molar-refractivity contribution is 8.18. The molecule has 0 spiro atoms. The van der Waals surface area contributed by atoms with Gasteiger partial charge in [-0.1, -0.05) is 60.7 Å². The number of nitro groups is 1. The summed E-state index contributed by atoms with van der Waals surface area (Å²) >= 11 is 0.805. The summed E-state index contributed by atoms with van der Waals surface area (Å²) in [6.45, 7) is 0.00266. The lowest BCUT2D eigenvalue weighted by Gasteiger charge is -2.12. The fourth-order valence-electron chi connectivity index (χ4n) is 3.93. The molecule has 0 atom stereocenters. The van der Waals surface area contributed by atoms with Gasteiger partial charge in [-0.15, -0.1) is 0 Å². The van der Waals surface area contributed by atoms with Gasteiger partial charge in [-0.05, 0) is 57.9 Å². The van der Waals surface area contributed by atoms with E-state index in [2.05, 4.69) is 0 Å². The molecule has 0 saturated carbocycles. The summed E-state index contributed by atoms with van der Waals surface area (Å²) in [6, 6.07) is 25.3. The number of non-ortho nitro benzene ring substituents is 1. The van der Waals surface area contributed by atoms with Crippen molar-refractivity contribution in [1.29, 1.82) is 0 Å². The number of ether oxygens (including phenoxy) is 1. The zero-order chi connectivity index (χ0) is 25.9. The van der Waals surface area contributed by atoms with E-state index in [1.807, 2.05) is 30.3 Å². The van der Waals surface area contributed by atoms with Gasteiger partial charge in [-0.25, -0.2) is 4.79 Å². The summed E-state index contributed by atoms with van der Waals surface area (Å²) in [4.78, 5) is 49.9. The lowest BCUT2D eigenvalue weighted by Crippen LogP contribution is -2.27. The van der Waals surface area contributed by atoms with Gasteiger partial charge in [0.2, 0.25) is 0 Å². The van der Waals surface area contributed by atoms with Crippen molar-refractivity contribution in [2.45, 2.75) is 6.54 Å². The van der Waals surface area contributed by atoms with Gasteiger partial charge in [0.25, 0.3) is 16.8 Å². The number of hydrogen-bond donors (Lipinski definition) is 0. The zero-order valence-electron chi connectivity index (χ0n) is 19.2. The molecule has 37 heavy (non-hydrogen) atoms. The molecule has 0 bridgehead atoms. The summed E-state index contributed by atoms with van der Waals surface area (Å²) in [6.07, 6.45) is 1.57. The molecule has 0 unspecified atom stereocenters. The van der Waals surface area contributed by atoms with Crippen molar-refractivity contribution in [3.8, 4) is 5.75 Å². The largest absolute Gasteiger partial charge is 0.423 e. The number of carbonyl (C=O) groups is 3. The van der Waals surface area contributed by atoms with Crippen LogP contribution in [0.25, 0.3) is 16.8 Å². The van der Waals surface area contributed by atoms with E-state index in [1.54, 1.807) is 42.5 Å². The van der Waals surface area contributed by atoms with Crippen molar-refractivity contribution >= 4 is 51.4 Å². The third kappa shape index (κ3) is 5.12. The van der Waals surface area contributed by atoms with Gasteiger partial charge in [0, 0.05) is 12.1 Å². The van der Waals surface area contributed by atoms with Crippen molar-refractivity contribution in [3.63, 3.8) is 0 Å². The van der Waals surface area contributed by atoms with E-state index in [9.17, 15) is 24.5 Å². The summed E-state index contributed by atoms with van der Waals surface area (Å²) in [5.41, 5.74) is 1.55. The summed E-state index contributed by atoms with van der Waals surface area (Å²) in [7, 11) is 0. The number of imide groups is 1. The van der Waals surface area contributed by atoms with Crippen LogP contribution >= 0.6 is 11.8 Å². The van der Waals surface area contributed by atoms with E-state index < -0.39 is 22.0 Å².